The Balaban J connectivity index is 1.44. The molecule has 44 heavy (non-hydrogen) atoms. The normalized spacial score (nSPS) is 13.2. The molecule has 206 valence electrons. The zero-order chi connectivity index (χ0) is 29.0. The first-order chi connectivity index (χ1) is 21.9. The maximum Gasteiger partial charge on any atom is 0.0636 e. The standard InChI is InChI=1S/C41H27N3/c1-7-17-36-28(11-1)21-22-29-12-2-8-18-37(29)43(36)40-32-15-5-6-16-33(32)41(35-27-42-26-25-34(35)40)44-38-19-9-3-13-30(38)23-24-31-14-4-10-20-39(31)44/h1-27H. The number of hydrogen-bond acceptors (Lipinski definition) is 3. The zero-order valence-electron chi connectivity index (χ0n) is 23.9. The van der Waals surface area contributed by atoms with Gasteiger partial charge in [0.05, 0.1) is 34.1 Å². The molecule has 0 spiro atoms. The van der Waals surface area contributed by atoms with E-state index in [2.05, 4.69) is 161 Å². The summed E-state index contributed by atoms with van der Waals surface area (Å²) < 4.78 is 0. The third kappa shape index (κ3) is 3.66. The van der Waals surface area contributed by atoms with Gasteiger partial charge in [-0.15, -0.1) is 0 Å². The van der Waals surface area contributed by atoms with E-state index in [4.69, 9.17) is 4.98 Å². The lowest BCUT2D eigenvalue weighted by molar-refractivity contribution is 1.28. The number of benzene rings is 6. The molecule has 0 aliphatic carbocycles. The molecule has 2 aliphatic rings. The number of pyridine rings is 1. The van der Waals surface area contributed by atoms with Crippen molar-refractivity contribution in [2.45, 2.75) is 0 Å². The molecular formula is C41H27N3. The van der Waals surface area contributed by atoms with Crippen molar-refractivity contribution in [2.75, 3.05) is 9.80 Å². The highest BCUT2D eigenvalue weighted by molar-refractivity contribution is 6.24. The summed E-state index contributed by atoms with van der Waals surface area (Å²) in [6, 6.07) is 45.7. The molecule has 0 amide bonds. The lowest BCUT2D eigenvalue weighted by Gasteiger charge is -2.33. The van der Waals surface area contributed by atoms with Gasteiger partial charge in [0.1, 0.15) is 0 Å². The molecule has 0 bridgehead atoms. The third-order valence-electron chi connectivity index (χ3n) is 8.81. The monoisotopic (exact) mass is 561 g/mol. The van der Waals surface area contributed by atoms with Gasteiger partial charge in [-0.3, -0.25) is 4.98 Å². The van der Waals surface area contributed by atoms with Crippen molar-refractivity contribution in [1.29, 1.82) is 0 Å². The van der Waals surface area contributed by atoms with Gasteiger partial charge in [-0.05, 0) is 52.6 Å². The Hall–Kier alpha value is -5.93. The summed E-state index contributed by atoms with van der Waals surface area (Å²) in [6.45, 7) is 0. The number of nitrogens with zero attached hydrogens (tertiary/aromatic N) is 3. The van der Waals surface area contributed by atoms with Gasteiger partial charge in [0, 0.05) is 33.9 Å². The molecule has 0 fully saturated rings. The topological polar surface area (TPSA) is 19.4 Å². The SMILES string of the molecule is C1=Cc2ccccc2N(c2c3ccccc3c(N3c4ccccc4C=Cc4ccccc43)c3cnccc23)c2ccccc21. The number of para-hydroxylation sites is 4. The average molecular weight is 562 g/mol. The smallest absolute Gasteiger partial charge is 0.0636 e. The molecule has 0 saturated carbocycles. The average Bonchev–Trinajstić information content (AvgIpc) is 3.36. The minimum atomic E-state index is 1.10. The molecule has 1 aromatic heterocycles. The summed E-state index contributed by atoms with van der Waals surface area (Å²) in [4.78, 5) is 9.62. The minimum absolute atomic E-state index is 1.10. The largest absolute Gasteiger partial charge is 0.308 e. The van der Waals surface area contributed by atoms with Crippen LogP contribution in [0, 0.1) is 0 Å². The van der Waals surface area contributed by atoms with E-state index in [-0.39, 0.29) is 0 Å². The predicted octanol–water partition coefficient (Wildman–Crippen LogP) is 11.3. The van der Waals surface area contributed by atoms with Crippen molar-refractivity contribution >= 4 is 80.0 Å². The van der Waals surface area contributed by atoms with E-state index in [0.717, 1.165) is 44.9 Å². The molecule has 7 aromatic rings. The Morgan fingerprint density at radius 2 is 0.682 bits per heavy atom. The number of anilines is 6. The van der Waals surface area contributed by atoms with Crippen molar-refractivity contribution in [3.05, 3.63) is 162 Å². The van der Waals surface area contributed by atoms with E-state index in [1.165, 1.54) is 33.0 Å². The van der Waals surface area contributed by atoms with E-state index < -0.39 is 0 Å². The van der Waals surface area contributed by atoms with Crippen molar-refractivity contribution in [1.82, 2.24) is 4.98 Å². The summed E-state index contributed by atoms with van der Waals surface area (Å²) >= 11 is 0. The molecule has 0 N–H and O–H groups in total. The van der Waals surface area contributed by atoms with Crippen LogP contribution in [0.2, 0.25) is 0 Å². The summed E-state index contributed by atoms with van der Waals surface area (Å²) in [5, 5.41) is 4.59. The highest BCUT2D eigenvalue weighted by Gasteiger charge is 2.29. The summed E-state index contributed by atoms with van der Waals surface area (Å²) in [7, 11) is 0. The summed E-state index contributed by atoms with van der Waals surface area (Å²) in [5.74, 6) is 0. The third-order valence-corrected chi connectivity index (χ3v) is 8.81. The van der Waals surface area contributed by atoms with Gasteiger partial charge in [0.2, 0.25) is 0 Å². The fraction of sp³-hybridized carbons (Fsp3) is 0. The van der Waals surface area contributed by atoms with Crippen LogP contribution in [0.25, 0.3) is 45.8 Å². The molecule has 3 nitrogen and oxygen atoms in total. The molecular weight excluding hydrogens is 534 g/mol. The Bertz CT molecular complexity index is 1990. The Morgan fingerprint density at radius 3 is 1.11 bits per heavy atom. The first-order valence-corrected chi connectivity index (χ1v) is 15.0. The predicted molar refractivity (Wildman–Crippen MR) is 186 cm³/mol. The van der Waals surface area contributed by atoms with E-state index in [1.54, 1.807) is 0 Å². The molecule has 9 rings (SSSR count). The van der Waals surface area contributed by atoms with E-state index in [1.807, 2.05) is 12.4 Å². The van der Waals surface area contributed by atoms with Crippen LogP contribution in [0.1, 0.15) is 22.3 Å². The van der Waals surface area contributed by atoms with Crippen LogP contribution in [-0.2, 0) is 0 Å². The van der Waals surface area contributed by atoms with Gasteiger partial charge >= 0.3 is 0 Å². The van der Waals surface area contributed by atoms with Crippen LogP contribution in [0.4, 0.5) is 34.1 Å². The number of aromatic nitrogens is 1. The highest BCUT2D eigenvalue weighted by atomic mass is 15.2. The molecule has 3 heterocycles. The summed E-state index contributed by atoms with van der Waals surface area (Å²) in [5.41, 5.74) is 11.6. The maximum absolute atomic E-state index is 4.73. The molecule has 0 radical (unpaired) electrons. The zero-order valence-corrected chi connectivity index (χ0v) is 23.9. The van der Waals surface area contributed by atoms with Crippen molar-refractivity contribution < 1.29 is 0 Å². The van der Waals surface area contributed by atoms with Gasteiger partial charge in [-0.2, -0.15) is 0 Å². The first kappa shape index (κ1) is 24.6. The number of rotatable bonds is 2. The van der Waals surface area contributed by atoms with E-state index in [0.29, 0.717) is 0 Å². The molecule has 3 heteroatoms. The van der Waals surface area contributed by atoms with Crippen LogP contribution >= 0.6 is 0 Å². The first-order valence-electron chi connectivity index (χ1n) is 15.0. The fourth-order valence-corrected chi connectivity index (χ4v) is 6.89. The van der Waals surface area contributed by atoms with Gasteiger partial charge < -0.3 is 9.80 Å². The van der Waals surface area contributed by atoms with Crippen LogP contribution in [-0.4, -0.2) is 4.98 Å². The molecule has 0 unspecified atom stereocenters. The lowest BCUT2D eigenvalue weighted by Crippen LogP contribution is -2.16. The van der Waals surface area contributed by atoms with Gasteiger partial charge in [0.25, 0.3) is 0 Å². The van der Waals surface area contributed by atoms with Crippen LogP contribution in [0.15, 0.2) is 140 Å². The highest BCUT2D eigenvalue weighted by Crippen LogP contribution is 2.53. The van der Waals surface area contributed by atoms with Crippen LogP contribution < -0.4 is 9.80 Å². The molecule has 6 aromatic carbocycles. The second-order valence-corrected chi connectivity index (χ2v) is 11.2. The lowest BCUT2D eigenvalue weighted by atomic mass is 9.95. The minimum Gasteiger partial charge on any atom is -0.308 e. The van der Waals surface area contributed by atoms with Crippen molar-refractivity contribution in [2.24, 2.45) is 0 Å². The number of hydrogen-bond donors (Lipinski definition) is 0. The fourth-order valence-electron chi connectivity index (χ4n) is 6.89. The van der Waals surface area contributed by atoms with Crippen molar-refractivity contribution in [3.63, 3.8) is 0 Å². The Labute approximate surface area is 256 Å². The molecule has 2 aliphatic heterocycles. The van der Waals surface area contributed by atoms with Crippen LogP contribution in [0.3, 0.4) is 0 Å². The van der Waals surface area contributed by atoms with Gasteiger partial charge in [-0.25, -0.2) is 0 Å². The van der Waals surface area contributed by atoms with Gasteiger partial charge in [0.15, 0.2) is 0 Å². The van der Waals surface area contributed by atoms with Crippen molar-refractivity contribution in [3.8, 4) is 0 Å². The van der Waals surface area contributed by atoms with E-state index in [9.17, 15) is 0 Å². The Morgan fingerprint density at radius 1 is 0.341 bits per heavy atom. The second-order valence-electron chi connectivity index (χ2n) is 11.2. The maximum atomic E-state index is 4.73. The molecule has 0 atom stereocenters. The Kier molecular flexibility index (Phi) is 5.50. The quantitative estimate of drug-likeness (QED) is 0.196. The number of fused-ring (bicyclic) bond motifs is 6. The second kappa shape index (κ2) is 9.82. The molecule has 0 saturated heterocycles. The summed E-state index contributed by atoms with van der Waals surface area (Å²) in [6.07, 6.45) is 12.9. The van der Waals surface area contributed by atoms with E-state index >= 15 is 0 Å². The van der Waals surface area contributed by atoms with Gasteiger partial charge in [-0.1, -0.05) is 121 Å². The van der Waals surface area contributed by atoms with Crippen LogP contribution in [0.5, 0.6) is 0 Å².